The number of ether oxygens (including phenoxy) is 1. The fraction of sp³-hybridized carbons (Fsp3) is 0.278. The van der Waals surface area contributed by atoms with Crippen molar-refractivity contribution in [3.63, 3.8) is 0 Å². The maximum atomic E-state index is 10.6. The van der Waals surface area contributed by atoms with Crippen molar-refractivity contribution < 1.29 is 9.53 Å². The van der Waals surface area contributed by atoms with Gasteiger partial charge in [-0.2, -0.15) is 0 Å². The van der Waals surface area contributed by atoms with E-state index in [0.29, 0.717) is 5.75 Å². The lowest BCUT2D eigenvalue weighted by atomic mass is 10.1. The molecule has 2 rings (SSSR count). The third kappa shape index (κ3) is 6.14. The predicted molar refractivity (Wildman–Crippen MR) is 94.4 cm³/mol. The van der Waals surface area contributed by atoms with E-state index in [0.717, 1.165) is 6.42 Å². The molecule has 0 atom stereocenters. The number of thiophene rings is 1. The summed E-state index contributed by atoms with van der Waals surface area (Å²) in [5.41, 5.74) is 2.94. The quantitative estimate of drug-likeness (QED) is 0.828. The Balaban J connectivity index is 0.000000220. The van der Waals surface area contributed by atoms with Crippen LogP contribution >= 0.6 is 11.3 Å². The van der Waals surface area contributed by atoms with Crippen LogP contribution in [0.4, 0.5) is 4.79 Å². The van der Waals surface area contributed by atoms with Crippen LogP contribution in [0.15, 0.2) is 53.4 Å². The molecule has 0 radical (unpaired) electrons. The molecule has 0 saturated carbocycles. The average Bonchev–Trinajstić information content (AvgIpc) is 3.09. The first-order valence-electron chi connectivity index (χ1n) is 7.23. The van der Waals surface area contributed by atoms with Crippen molar-refractivity contribution in [3.05, 3.63) is 58.3 Å². The molecule has 0 spiro atoms. The number of hydrogen-bond donors (Lipinski definition) is 1. The summed E-state index contributed by atoms with van der Waals surface area (Å²) in [6, 6.07) is 13.2. The van der Waals surface area contributed by atoms with Crippen LogP contribution in [-0.4, -0.2) is 13.1 Å². The third-order valence-electron chi connectivity index (χ3n) is 3.22. The second kappa shape index (κ2) is 9.79. The minimum absolute atomic E-state index is 0.448. The lowest BCUT2D eigenvalue weighted by Gasteiger charge is -2.01. The van der Waals surface area contributed by atoms with E-state index in [1.165, 1.54) is 23.1 Å². The summed E-state index contributed by atoms with van der Waals surface area (Å²) < 4.78 is 4.81. The number of carbonyl (C=O) groups excluding carboxylic acids is 1. The number of rotatable bonds is 3. The number of para-hydroxylation sites is 1. The number of benzene rings is 1. The first-order chi connectivity index (χ1) is 10.6. The van der Waals surface area contributed by atoms with Crippen molar-refractivity contribution >= 4 is 23.0 Å². The van der Waals surface area contributed by atoms with Crippen molar-refractivity contribution in [2.24, 2.45) is 0 Å². The normalized spacial score (nSPS) is 10.9. The Hall–Kier alpha value is -2.07. The largest absolute Gasteiger partial charge is 0.412 e. The Labute approximate surface area is 136 Å². The third-order valence-corrected chi connectivity index (χ3v) is 4.21. The number of amides is 1. The standard InChI is InChI=1S/C10H14S.C8H9NO2/c1-4-8(2)9(3)10-6-5-7-11-10;1-9-8(10)11-7-5-3-2-4-6-7/h5-7H,4H2,1-3H3;2-6H,1H3,(H,9,10)/b9-8-;. The summed E-state index contributed by atoms with van der Waals surface area (Å²) in [5.74, 6) is 0.548. The molecular formula is C18H23NO2S. The van der Waals surface area contributed by atoms with E-state index in [4.69, 9.17) is 4.74 Å². The maximum Gasteiger partial charge on any atom is 0.412 e. The van der Waals surface area contributed by atoms with Crippen LogP contribution in [0.3, 0.4) is 0 Å². The van der Waals surface area contributed by atoms with Crippen molar-refractivity contribution in [1.82, 2.24) is 5.32 Å². The summed E-state index contributed by atoms with van der Waals surface area (Å²) in [7, 11) is 1.52. The second-order valence-corrected chi connectivity index (χ2v) is 5.64. The fourth-order valence-electron chi connectivity index (χ4n) is 1.61. The van der Waals surface area contributed by atoms with Gasteiger partial charge in [-0.05, 0) is 49.4 Å². The molecular weight excluding hydrogens is 294 g/mol. The molecule has 0 unspecified atom stereocenters. The van der Waals surface area contributed by atoms with Gasteiger partial charge in [0.2, 0.25) is 0 Å². The van der Waals surface area contributed by atoms with Crippen LogP contribution < -0.4 is 10.1 Å². The number of hydrogen-bond acceptors (Lipinski definition) is 3. The molecule has 4 heteroatoms. The average molecular weight is 317 g/mol. The van der Waals surface area contributed by atoms with Gasteiger partial charge in [0.25, 0.3) is 0 Å². The first-order valence-corrected chi connectivity index (χ1v) is 8.11. The highest BCUT2D eigenvalue weighted by Crippen LogP contribution is 2.23. The molecule has 0 saturated heterocycles. The number of allylic oxidation sites excluding steroid dienone is 2. The van der Waals surface area contributed by atoms with Crippen LogP contribution in [0.1, 0.15) is 32.1 Å². The van der Waals surface area contributed by atoms with Crippen molar-refractivity contribution in [2.45, 2.75) is 27.2 Å². The topological polar surface area (TPSA) is 38.3 Å². The molecule has 22 heavy (non-hydrogen) atoms. The summed E-state index contributed by atoms with van der Waals surface area (Å²) in [4.78, 5) is 12.1. The Morgan fingerprint density at radius 3 is 2.32 bits per heavy atom. The highest BCUT2D eigenvalue weighted by molar-refractivity contribution is 7.11. The van der Waals surface area contributed by atoms with E-state index in [2.05, 4.69) is 43.6 Å². The minimum Gasteiger partial charge on any atom is -0.410 e. The zero-order valence-electron chi connectivity index (χ0n) is 13.6. The smallest absolute Gasteiger partial charge is 0.410 e. The van der Waals surface area contributed by atoms with Gasteiger partial charge in [-0.3, -0.25) is 0 Å². The number of nitrogens with one attached hydrogen (secondary N) is 1. The monoisotopic (exact) mass is 317 g/mol. The second-order valence-electron chi connectivity index (χ2n) is 4.69. The summed E-state index contributed by atoms with van der Waals surface area (Å²) in [5, 5.41) is 4.48. The maximum absolute atomic E-state index is 10.6. The molecule has 2 aromatic rings. The molecule has 1 amide bonds. The highest BCUT2D eigenvalue weighted by Gasteiger charge is 1.98. The van der Waals surface area contributed by atoms with Crippen LogP contribution in [0, 0.1) is 0 Å². The van der Waals surface area contributed by atoms with Gasteiger partial charge in [0, 0.05) is 11.9 Å². The first kappa shape index (κ1) is 18.0. The molecule has 1 heterocycles. The van der Waals surface area contributed by atoms with Crippen LogP contribution in [0.2, 0.25) is 0 Å². The van der Waals surface area contributed by atoms with E-state index in [9.17, 15) is 4.79 Å². The zero-order valence-corrected chi connectivity index (χ0v) is 14.4. The number of carbonyl (C=O) groups is 1. The van der Waals surface area contributed by atoms with E-state index in [1.807, 2.05) is 17.4 Å². The minimum atomic E-state index is -0.448. The van der Waals surface area contributed by atoms with E-state index in [-0.39, 0.29) is 0 Å². The Morgan fingerprint density at radius 2 is 1.82 bits per heavy atom. The Kier molecular flexibility index (Phi) is 8.00. The molecule has 1 N–H and O–H groups in total. The molecule has 1 aromatic carbocycles. The van der Waals surface area contributed by atoms with Crippen LogP contribution in [0.5, 0.6) is 5.75 Å². The molecule has 0 bridgehead atoms. The van der Waals surface area contributed by atoms with Gasteiger partial charge in [0.15, 0.2) is 0 Å². The van der Waals surface area contributed by atoms with E-state index >= 15 is 0 Å². The molecule has 3 nitrogen and oxygen atoms in total. The molecule has 0 fully saturated rings. The molecule has 1 aromatic heterocycles. The highest BCUT2D eigenvalue weighted by atomic mass is 32.1. The predicted octanol–water partition coefficient (Wildman–Crippen LogP) is 5.36. The van der Waals surface area contributed by atoms with Gasteiger partial charge in [-0.25, -0.2) is 4.79 Å². The van der Waals surface area contributed by atoms with Gasteiger partial charge >= 0.3 is 6.09 Å². The van der Waals surface area contributed by atoms with Gasteiger partial charge < -0.3 is 10.1 Å². The Morgan fingerprint density at radius 1 is 1.14 bits per heavy atom. The molecule has 0 aliphatic heterocycles. The Bertz CT molecular complexity index is 589. The van der Waals surface area contributed by atoms with Gasteiger partial charge in [0.1, 0.15) is 5.75 Å². The van der Waals surface area contributed by atoms with Gasteiger partial charge in [-0.1, -0.05) is 36.8 Å². The van der Waals surface area contributed by atoms with Crippen molar-refractivity contribution in [1.29, 1.82) is 0 Å². The van der Waals surface area contributed by atoms with Gasteiger partial charge in [-0.15, -0.1) is 11.3 Å². The summed E-state index contributed by atoms with van der Waals surface area (Å²) >= 11 is 1.82. The van der Waals surface area contributed by atoms with Crippen molar-refractivity contribution in [2.75, 3.05) is 7.05 Å². The molecule has 0 aliphatic carbocycles. The SMILES string of the molecule is CC/C(C)=C(/C)c1cccs1.CNC(=O)Oc1ccccc1. The molecule has 0 aliphatic rings. The zero-order chi connectivity index (χ0) is 16.4. The van der Waals surface area contributed by atoms with Crippen molar-refractivity contribution in [3.8, 4) is 5.75 Å². The molecule has 118 valence electrons. The van der Waals surface area contributed by atoms with E-state index < -0.39 is 6.09 Å². The summed E-state index contributed by atoms with van der Waals surface area (Å²) in [6.45, 7) is 6.60. The lowest BCUT2D eigenvalue weighted by molar-refractivity contribution is 0.203. The fourth-order valence-corrected chi connectivity index (χ4v) is 2.43. The van der Waals surface area contributed by atoms with Crippen LogP contribution in [0.25, 0.3) is 5.57 Å². The van der Waals surface area contributed by atoms with Gasteiger partial charge in [0.05, 0.1) is 0 Å². The lowest BCUT2D eigenvalue weighted by Crippen LogP contribution is -2.21. The summed E-state index contributed by atoms with van der Waals surface area (Å²) in [6.07, 6.45) is 0.709. The van der Waals surface area contributed by atoms with E-state index in [1.54, 1.807) is 24.3 Å². The van der Waals surface area contributed by atoms with Crippen LogP contribution in [-0.2, 0) is 0 Å².